The van der Waals surface area contributed by atoms with Crippen LogP contribution in [-0.2, 0) is 11.2 Å². The molecule has 0 radical (unpaired) electrons. The van der Waals surface area contributed by atoms with E-state index in [0.29, 0.717) is 18.8 Å². The van der Waals surface area contributed by atoms with Crippen molar-refractivity contribution >= 4 is 17.5 Å². The lowest BCUT2D eigenvalue weighted by molar-refractivity contribution is -0.120. The first-order chi connectivity index (χ1) is 9.10. The maximum atomic E-state index is 11.2. The van der Waals surface area contributed by atoms with Crippen molar-refractivity contribution in [2.45, 2.75) is 26.2 Å². The molecule has 19 heavy (non-hydrogen) atoms. The number of nitrogens with one attached hydrogen (secondary N) is 2. The molecule has 0 saturated carbocycles. The van der Waals surface area contributed by atoms with Crippen molar-refractivity contribution in [3.8, 4) is 0 Å². The molecule has 0 aromatic carbocycles. The van der Waals surface area contributed by atoms with Crippen molar-refractivity contribution in [3.63, 3.8) is 0 Å². The molecule has 7 heteroatoms. The van der Waals surface area contributed by atoms with E-state index in [0.717, 1.165) is 24.5 Å². The van der Waals surface area contributed by atoms with E-state index < -0.39 is 0 Å². The Kier molecular flexibility index (Phi) is 6.01. The lowest BCUT2D eigenvalue weighted by Gasteiger charge is -2.19. The quantitative estimate of drug-likeness (QED) is 0.485. The maximum absolute atomic E-state index is 11.2. The second-order valence-corrected chi connectivity index (χ2v) is 4.27. The Labute approximate surface area is 113 Å². The number of nitrogen functional groups attached to an aromatic ring is 1. The van der Waals surface area contributed by atoms with Gasteiger partial charge in [-0.2, -0.15) is 0 Å². The van der Waals surface area contributed by atoms with Crippen LogP contribution in [0.1, 0.15) is 25.6 Å². The standard InChI is InChI=1S/C12H22N6O/c1-4-5-9-15-10(17-13)8-11(16-9)18(3)7-6-12(19)14-2/h8H,4-7,13H2,1-3H3,(H,14,19)(H,15,16,17). The Morgan fingerprint density at radius 2 is 2.21 bits per heavy atom. The Bertz CT molecular complexity index is 423. The minimum Gasteiger partial charge on any atom is -0.359 e. The fourth-order valence-electron chi connectivity index (χ4n) is 1.60. The molecule has 0 atom stereocenters. The van der Waals surface area contributed by atoms with Crippen LogP contribution in [0.15, 0.2) is 6.07 Å². The minimum atomic E-state index is 0.00635. The summed E-state index contributed by atoms with van der Waals surface area (Å²) in [4.78, 5) is 21.9. The molecule has 1 rings (SSSR count). The number of hydrogen-bond donors (Lipinski definition) is 3. The number of carbonyl (C=O) groups excluding carboxylic acids is 1. The maximum Gasteiger partial charge on any atom is 0.221 e. The van der Waals surface area contributed by atoms with Crippen LogP contribution >= 0.6 is 0 Å². The van der Waals surface area contributed by atoms with Gasteiger partial charge in [-0.05, 0) is 6.42 Å². The molecule has 1 aromatic heterocycles. The van der Waals surface area contributed by atoms with E-state index in [1.807, 2.05) is 11.9 Å². The monoisotopic (exact) mass is 266 g/mol. The van der Waals surface area contributed by atoms with Gasteiger partial charge >= 0.3 is 0 Å². The highest BCUT2D eigenvalue weighted by Gasteiger charge is 2.09. The second kappa shape index (κ2) is 7.52. The number of nitrogens with two attached hydrogens (primary N) is 1. The average molecular weight is 266 g/mol. The lowest BCUT2D eigenvalue weighted by Crippen LogP contribution is -2.27. The van der Waals surface area contributed by atoms with E-state index >= 15 is 0 Å². The van der Waals surface area contributed by atoms with Crippen LogP contribution in [0.2, 0.25) is 0 Å². The number of aromatic nitrogens is 2. The molecule has 1 amide bonds. The molecule has 0 unspecified atom stereocenters. The smallest absolute Gasteiger partial charge is 0.221 e. The van der Waals surface area contributed by atoms with Gasteiger partial charge in [-0.3, -0.25) is 4.79 Å². The molecule has 0 aliphatic carbocycles. The Morgan fingerprint density at radius 1 is 1.47 bits per heavy atom. The van der Waals surface area contributed by atoms with E-state index in [4.69, 9.17) is 5.84 Å². The van der Waals surface area contributed by atoms with Gasteiger partial charge in [0.15, 0.2) is 0 Å². The fourth-order valence-corrected chi connectivity index (χ4v) is 1.60. The summed E-state index contributed by atoms with van der Waals surface area (Å²) in [5.74, 6) is 7.50. The molecule has 0 aliphatic heterocycles. The molecular formula is C12H22N6O. The zero-order chi connectivity index (χ0) is 14.3. The number of hydrazine groups is 1. The van der Waals surface area contributed by atoms with Crippen molar-refractivity contribution in [1.82, 2.24) is 15.3 Å². The first-order valence-corrected chi connectivity index (χ1v) is 6.37. The van der Waals surface area contributed by atoms with E-state index in [9.17, 15) is 4.79 Å². The van der Waals surface area contributed by atoms with E-state index in [2.05, 4.69) is 27.6 Å². The fraction of sp³-hybridized carbons (Fsp3) is 0.583. The van der Waals surface area contributed by atoms with Crippen molar-refractivity contribution in [3.05, 3.63) is 11.9 Å². The van der Waals surface area contributed by atoms with Crippen LogP contribution in [0, 0.1) is 0 Å². The number of anilines is 2. The highest BCUT2D eigenvalue weighted by molar-refractivity contribution is 5.76. The van der Waals surface area contributed by atoms with Crippen LogP contribution in [0.5, 0.6) is 0 Å². The summed E-state index contributed by atoms with van der Waals surface area (Å²) in [5.41, 5.74) is 2.54. The molecule has 0 spiro atoms. The predicted molar refractivity (Wildman–Crippen MR) is 75.8 cm³/mol. The van der Waals surface area contributed by atoms with Crippen LogP contribution in [0.4, 0.5) is 11.6 Å². The van der Waals surface area contributed by atoms with Gasteiger partial charge in [0.05, 0.1) is 0 Å². The normalized spacial score (nSPS) is 10.1. The lowest BCUT2D eigenvalue weighted by atomic mass is 10.3. The zero-order valence-electron chi connectivity index (χ0n) is 11.7. The van der Waals surface area contributed by atoms with Crippen molar-refractivity contribution in [1.29, 1.82) is 0 Å². The summed E-state index contributed by atoms with van der Waals surface area (Å²) < 4.78 is 0. The molecule has 0 saturated heterocycles. The Balaban J connectivity index is 2.79. The van der Waals surface area contributed by atoms with Gasteiger partial charge in [-0.25, -0.2) is 15.8 Å². The summed E-state index contributed by atoms with van der Waals surface area (Å²) in [6.07, 6.45) is 2.19. The van der Waals surface area contributed by atoms with Crippen molar-refractivity contribution in [2.24, 2.45) is 5.84 Å². The van der Waals surface area contributed by atoms with E-state index in [1.165, 1.54) is 0 Å². The highest BCUT2D eigenvalue weighted by Crippen LogP contribution is 2.15. The summed E-state index contributed by atoms with van der Waals surface area (Å²) in [7, 11) is 3.52. The second-order valence-electron chi connectivity index (χ2n) is 4.27. The van der Waals surface area contributed by atoms with Crippen molar-refractivity contribution < 1.29 is 4.79 Å². The Morgan fingerprint density at radius 3 is 2.79 bits per heavy atom. The third-order valence-corrected chi connectivity index (χ3v) is 2.72. The number of hydrogen-bond acceptors (Lipinski definition) is 6. The molecule has 0 bridgehead atoms. The number of aryl methyl sites for hydroxylation is 1. The largest absolute Gasteiger partial charge is 0.359 e. The average Bonchev–Trinajstić information content (AvgIpc) is 2.44. The predicted octanol–water partition coefficient (Wildman–Crippen LogP) is 0.287. The molecule has 1 aromatic rings. The summed E-state index contributed by atoms with van der Waals surface area (Å²) in [5, 5.41) is 2.60. The van der Waals surface area contributed by atoms with Crippen molar-refractivity contribution in [2.75, 3.05) is 31.0 Å². The molecule has 0 fully saturated rings. The number of nitrogens with zero attached hydrogens (tertiary/aromatic N) is 3. The zero-order valence-corrected chi connectivity index (χ0v) is 11.7. The first kappa shape index (κ1) is 15.2. The molecular weight excluding hydrogens is 244 g/mol. The first-order valence-electron chi connectivity index (χ1n) is 6.37. The van der Waals surface area contributed by atoms with E-state index in [1.54, 1.807) is 13.1 Å². The molecule has 4 N–H and O–H groups in total. The molecule has 0 aliphatic rings. The molecule has 7 nitrogen and oxygen atoms in total. The number of rotatable bonds is 7. The van der Waals surface area contributed by atoms with Crippen LogP contribution in [0.3, 0.4) is 0 Å². The highest BCUT2D eigenvalue weighted by atomic mass is 16.1. The number of amides is 1. The van der Waals surface area contributed by atoms with Gasteiger partial charge < -0.3 is 15.6 Å². The SMILES string of the molecule is CCCc1nc(NN)cc(N(C)CCC(=O)NC)n1. The topological polar surface area (TPSA) is 96.2 Å². The van der Waals surface area contributed by atoms with Crippen LogP contribution in [0.25, 0.3) is 0 Å². The molecule has 1 heterocycles. The Hall–Kier alpha value is -1.89. The summed E-state index contributed by atoms with van der Waals surface area (Å²) in [6, 6.07) is 1.77. The van der Waals surface area contributed by atoms with Gasteiger partial charge in [0.25, 0.3) is 0 Å². The molecule has 106 valence electrons. The van der Waals surface area contributed by atoms with Gasteiger partial charge in [0, 0.05) is 39.5 Å². The van der Waals surface area contributed by atoms with Gasteiger partial charge in [-0.1, -0.05) is 6.92 Å². The van der Waals surface area contributed by atoms with Gasteiger partial charge in [0.1, 0.15) is 17.5 Å². The summed E-state index contributed by atoms with van der Waals surface area (Å²) >= 11 is 0. The van der Waals surface area contributed by atoms with E-state index in [-0.39, 0.29) is 5.91 Å². The minimum absolute atomic E-state index is 0.00635. The van der Waals surface area contributed by atoms with Crippen LogP contribution < -0.4 is 21.5 Å². The van der Waals surface area contributed by atoms with Crippen LogP contribution in [-0.4, -0.2) is 36.5 Å². The van der Waals surface area contributed by atoms with Gasteiger partial charge in [0.2, 0.25) is 5.91 Å². The third-order valence-electron chi connectivity index (χ3n) is 2.72. The third kappa shape index (κ3) is 4.70. The summed E-state index contributed by atoms with van der Waals surface area (Å²) in [6.45, 7) is 2.66. The number of carbonyl (C=O) groups is 1. The van der Waals surface area contributed by atoms with Gasteiger partial charge in [-0.15, -0.1) is 0 Å².